The van der Waals surface area contributed by atoms with Gasteiger partial charge in [0.25, 0.3) is 5.72 Å². The van der Waals surface area contributed by atoms with Crippen LogP contribution in [-0.2, 0) is 9.53 Å². The number of methoxy groups -OCH3 is 1. The summed E-state index contributed by atoms with van der Waals surface area (Å²) >= 11 is 1.24. The van der Waals surface area contributed by atoms with Crippen LogP contribution >= 0.6 is 11.3 Å². The number of benzene rings is 1. The lowest BCUT2D eigenvalue weighted by atomic mass is 10.1. The summed E-state index contributed by atoms with van der Waals surface area (Å²) < 4.78 is 4.68. The molecule has 1 aromatic heterocycles. The fourth-order valence-corrected chi connectivity index (χ4v) is 3.25. The molecule has 0 amide bonds. The molecule has 0 unspecified atom stereocenters. The van der Waals surface area contributed by atoms with E-state index in [-0.39, 0.29) is 12.2 Å². The number of hydrazone groups is 1. The Morgan fingerprint density at radius 1 is 1.48 bits per heavy atom. The van der Waals surface area contributed by atoms with Crippen molar-refractivity contribution in [2.45, 2.75) is 19.1 Å². The molecule has 8 heteroatoms. The van der Waals surface area contributed by atoms with E-state index in [1.807, 2.05) is 6.07 Å². The Balaban J connectivity index is 1.97. The number of nitrogens with zero attached hydrogens (tertiary/aromatic N) is 3. The molecule has 3 rings (SSSR count). The summed E-state index contributed by atoms with van der Waals surface area (Å²) in [4.78, 5) is 16.4. The predicted molar refractivity (Wildman–Crippen MR) is 86.4 cm³/mol. The van der Waals surface area contributed by atoms with Gasteiger partial charge in [-0.05, 0) is 19.1 Å². The quantitative estimate of drug-likeness (QED) is 0.834. The second-order valence-corrected chi connectivity index (χ2v) is 6.03. The normalized spacial score (nSPS) is 20.5. The van der Waals surface area contributed by atoms with Crippen LogP contribution in [0.2, 0.25) is 0 Å². The van der Waals surface area contributed by atoms with Crippen molar-refractivity contribution in [3.8, 4) is 17.0 Å². The summed E-state index contributed by atoms with van der Waals surface area (Å²) in [6, 6.07) is 6.68. The number of hydrogen-bond donors (Lipinski definition) is 2. The zero-order valence-corrected chi connectivity index (χ0v) is 13.4. The van der Waals surface area contributed by atoms with Crippen LogP contribution in [-0.4, -0.2) is 39.7 Å². The highest BCUT2D eigenvalue weighted by atomic mass is 32.1. The number of phenols is 1. The Morgan fingerprint density at radius 2 is 2.26 bits per heavy atom. The molecule has 0 saturated heterocycles. The zero-order valence-electron chi connectivity index (χ0n) is 12.6. The largest absolute Gasteiger partial charge is 0.508 e. The number of aromatic nitrogens is 1. The van der Waals surface area contributed by atoms with Gasteiger partial charge in [0.2, 0.25) is 5.13 Å². The highest BCUT2D eigenvalue weighted by molar-refractivity contribution is 7.14. The van der Waals surface area contributed by atoms with Gasteiger partial charge in [0.05, 0.1) is 12.8 Å². The smallest absolute Gasteiger partial charge is 0.361 e. The zero-order chi connectivity index (χ0) is 16.6. The van der Waals surface area contributed by atoms with E-state index in [1.54, 1.807) is 30.5 Å². The summed E-state index contributed by atoms with van der Waals surface area (Å²) in [5.74, 6) is -0.648. The van der Waals surface area contributed by atoms with Crippen molar-refractivity contribution >= 4 is 28.1 Å². The maximum Gasteiger partial charge on any atom is 0.361 e. The van der Waals surface area contributed by atoms with Crippen LogP contribution in [0.15, 0.2) is 34.7 Å². The van der Waals surface area contributed by atoms with E-state index in [0.717, 1.165) is 5.56 Å². The third kappa shape index (κ3) is 2.66. The summed E-state index contributed by atoms with van der Waals surface area (Å²) in [5, 5.41) is 27.7. The summed E-state index contributed by atoms with van der Waals surface area (Å²) in [6.45, 7) is 1.72. The number of aromatic hydroxyl groups is 1. The average Bonchev–Trinajstić information content (AvgIpc) is 3.11. The first kappa shape index (κ1) is 15.4. The van der Waals surface area contributed by atoms with Gasteiger partial charge >= 0.3 is 5.97 Å². The number of rotatable bonds is 3. The first-order valence-electron chi connectivity index (χ1n) is 6.84. The van der Waals surface area contributed by atoms with Crippen LogP contribution in [0.4, 0.5) is 5.13 Å². The maximum atomic E-state index is 11.9. The fourth-order valence-electron chi connectivity index (χ4n) is 2.40. The van der Waals surface area contributed by atoms with Gasteiger partial charge in [0, 0.05) is 23.1 Å². The molecule has 7 nitrogen and oxygen atoms in total. The summed E-state index contributed by atoms with van der Waals surface area (Å²) in [7, 11) is 1.21. The van der Waals surface area contributed by atoms with Crippen molar-refractivity contribution < 1.29 is 19.7 Å². The van der Waals surface area contributed by atoms with Gasteiger partial charge in [-0.25, -0.2) is 9.78 Å². The number of ether oxygens (including phenoxy) is 1. The van der Waals surface area contributed by atoms with Crippen molar-refractivity contribution in [1.82, 2.24) is 4.98 Å². The van der Waals surface area contributed by atoms with E-state index in [0.29, 0.717) is 16.5 Å². The molecule has 1 aliphatic rings. The average molecular weight is 333 g/mol. The number of esters is 1. The minimum Gasteiger partial charge on any atom is -0.508 e. The molecule has 1 aromatic carbocycles. The van der Waals surface area contributed by atoms with Gasteiger partial charge in [0.15, 0.2) is 0 Å². The number of carbonyl (C=O) groups excluding carboxylic acids is 1. The Kier molecular flexibility index (Phi) is 3.78. The van der Waals surface area contributed by atoms with Gasteiger partial charge in [-0.1, -0.05) is 12.1 Å². The Labute approximate surface area is 136 Å². The molecule has 0 spiro atoms. The molecule has 0 aliphatic carbocycles. The van der Waals surface area contributed by atoms with Gasteiger partial charge < -0.3 is 14.9 Å². The fraction of sp³-hybridized carbons (Fsp3) is 0.267. The predicted octanol–water partition coefficient (Wildman–Crippen LogP) is 1.96. The van der Waals surface area contributed by atoms with E-state index < -0.39 is 11.7 Å². The van der Waals surface area contributed by atoms with E-state index in [9.17, 15) is 15.0 Å². The minimum atomic E-state index is -1.88. The molecule has 1 atom stereocenters. The molecule has 2 aromatic rings. The number of aliphatic hydroxyl groups is 1. The van der Waals surface area contributed by atoms with Gasteiger partial charge in [-0.15, -0.1) is 11.3 Å². The number of phenolic OH excluding ortho intramolecular Hbond substituents is 1. The number of hydrogen-bond acceptors (Lipinski definition) is 8. The van der Waals surface area contributed by atoms with Crippen molar-refractivity contribution in [2.75, 3.05) is 12.1 Å². The number of anilines is 1. The minimum absolute atomic E-state index is 0.0563. The van der Waals surface area contributed by atoms with Crippen molar-refractivity contribution in [3.63, 3.8) is 0 Å². The Bertz CT molecular complexity index is 789. The van der Waals surface area contributed by atoms with Crippen LogP contribution in [0.3, 0.4) is 0 Å². The van der Waals surface area contributed by atoms with E-state index in [2.05, 4.69) is 14.8 Å². The molecule has 2 N–H and O–H groups in total. The van der Waals surface area contributed by atoms with Crippen LogP contribution < -0.4 is 5.01 Å². The van der Waals surface area contributed by atoms with Gasteiger partial charge in [-0.3, -0.25) is 0 Å². The highest BCUT2D eigenvalue weighted by Crippen LogP contribution is 2.36. The molecule has 120 valence electrons. The highest BCUT2D eigenvalue weighted by Gasteiger charge is 2.49. The third-order valence-electron chi connectivity index (χ3n) is 3.45. The van der Waals surface area contributed by atoms with Crippen molar-refractivity contribution in [2.24, 2.45) is 5.10 Å². The van der Waals surface area contributed by atoms with Crippen LogP contribution in [0.5, 0.6) is 5.75 Å². The molecule has 0 radical (unpaired) electrons. The molecular formula is C15H15N3O4S. The van der Waals surface area contributed by atoms with Crippen molar-refractivity contribution in [1.29, 1.82) is 0 Å². The van der Waals surface area contributed by atoms with E-state index >= 15 is 0 Å². The standard InChI is InChI=1S/C15H15N3O4S/c1-9-7-15(21,13(20)22-2)18(17-9)14-16-12(8-23-14)10-4-3-5-11(19)6-10/h3-6,8,19,21H,7H2,1-2H3/t15-/m0/s1. The van der Waals surface area contributed by atoms with Gasteiger partial charge in [-0.2, -0.15) is 10.1 Å². The second kappa shape index (κ2) is 5.64. The molecule has 2 heterocycles. The molecular weight excluding hydrogens is 318 g/mol. The molecule has 0 fully saturated rings. The van der Waals surface area contributed by atoms with Crippen LogP contribution in [0, 0.1) is 0 Å². The molecule has 23 heavy (non-hydrogen) atoms. The first-order chi connectivity index (χ1) is 10.9. The number of carbonyl (C=O) groups is 1. The molecule has 1 aliphatic heterocycles. The summed E-state index contributed by atoms with van der Waals surface area (Å²) in [6.07, 6.45) is 0.0563. The first-order valence-corrected chi connectivity index (χ1v) is 7.72. The van der Waals surface area contributed by atoms with Crippen molar-refractivity contribution in [3.05, 3.63) is 29.6 Å². The monoisotopic (exact) mass is 333 g/mol. The summed E-state index contributed by atoms with van der Waals surface area (Å²) in [5.41, 5.74) is 0.0705. The maximum absolute atomic E-state index is 11.9. The number of thiazole rings is 1. The van der Waals surface area contributed by atoms with Gasteiger partial charge in [0.1, 0.15) is 5.75 Å². The topological polar surface area (TPSA) is 95.3 Å². The third-order valence-corrected chi connectivity index (χ3v) is 4.27. The second-order valence-electron chi connectivity index (χ2n) is 5.20. The Morgan fingerprint density at radius 3 is 2.96 bits per heavy atom. The van der Waals surface area contributed by atoms with E-state index in [1.165, 1.54) is 23.5 Å². The lowest BCUT2D eigenvalue weighted by Crippen LogP contribution is -2.50. The SMILES string of the molecule is COC(=O)[C@@]1(O)CC(C)=NN1c1nc(-c2cccc(O)c2)cs1. The molecule has 0 saturated carbocycles. The Hall–Kier alpha value is -2.45. The van der Waals surface area contributed by atoms with Crippen LogP contribution in [0.25, 0.3) is 11.3 Å². The molecule has 0 bridgehead atoms. The van der Waals surface area contributed by atoms with Crippen LogP contribution in [0.1, 0.15) is 13.3 Å². The lowest BCUT2D eigenvalue weighted by Gasteiger charge is -2.27. The van der Waals surface area contributed by atoms with E-state index in [4.69, 9.17) is 0 Å². The lowest BCUT2D eigenvalue weighted by molar-refractivity contribution is -0.160.